The molecule has 62 valence electrons. The Morgan fingerprint density at radius 3 is 2.73 bits per heavy atom. The van der Waals surface area contributed by atoms with Crippen LogP contribution in [0.15, 0.2) is 11.6 Å². The van der Waals surface area contributed by atoms with Gasteiger partial charge in [-0.15, -0.1) is 0 Å². The zero-order chi connectivity index (χ0) is 8.48. The first-order valence-electron chi connectivity index (χ1n) is 3.57. The first kappa shape index (κ1) is 8.27. The van der Waals surface area contributed by atoms with Crippen LogP contribution < -0.4 is 0 Å². The van der Waals surface area contributed by atoms with Gasteiger partial charge < -0.3 is 9.84 Å². The summed E-state index contributed by atoms with van der Waals surface area (Å²) in [6.07, 6.45) is 2.40. The van der Waals surface area contributed by atoms with E-state index >= 15 is 0 Å². The van der Waals surface area contributed by atoms with Crippen LogP contribution in [-0.2, 0) is 9.53 Å². The molecule has 0 radical (unpaired) electrons. The van der Waals surface area contributed by atoms with Crippen LogP contribution in [0.5, 0.6) is 0 Å². The van der Waals surface area contributed by atoms with Crippen LogP contribution in [0.3, 0.4) is 0 Å². The van der Waals surface area contributed by atoms with Gasteiger partial charge in [0, 0.05) is 5.57 Å². The molecule has 1 aliphatic heterocycles. The Hall–Kier alpha value is -0.830. The number of carboxylic acid groups (broad SMARTS) is 1. The van der Waals surface area contributed by atoms with Gasteiger partial charge in [0.2, 0.25) is 0 Å². The summed E-state index contributed by atoms with van der Waals surface area (Å²) in [5, 5.41) is 8.49. The minimum Gasteiger partial charge on any atom is -0.478 e. The third-order valence-electron chi connectivity index (χ3n) is 1.81. The lowest BCUT2D eigenvalue weighted by Gasteiger charge is -1.98. The number of ether oxygens (including phenoxy) is 1. The summed E-state index contributed by atoms with van der Waals surface area (Å²) < 4.78 is 5.09. The van der Waals surface area contributed by atoms with E-state index in [0.717, 1.165) is 6.61 Å². The summed E-state index contributed by atoms with van der Waals surface area (Å²) in [7, 11) is 0. The molecule has 0 aromatic carbocycles. The van der Waals surface area contributed by atoms with E-state index in [-0.39, 0.29) is 5.60 Å². The zero-order valence-corrected chi connectivity index (χ0v) is 6.76. The summed E-state index contributed by atoms with van der Waals surface area (Å²) in [6, 6.07) is 0. The van der Waals surface area contributed by atoms with Gasteiger partial charge in [0.25, 0.3) is 0 Å². The number of hydrogen-bond acceptors (Lipinski definition) is 2. The van der Waals surface area contributed by atoms with Crippen molar-refractivity contribution in [2.45, 2.75) is 25.9 Å². The molecule has 0 amide bonds. The molecular formula is C8H12O3. The molecule has 0 aliphatic carbocycles. The van der Waals surface area contributed by atoms with E-state index in [1.807, 2.05) is 6.92 Å². The number of carboxylic acids is 1. The number of hydrogen-bond donors (Lipinski definition) is 1. The average Bonchev–Trinajstić information content (AvgIpc) is 2.64. The maximum atomic E-state index is 10.3. The maximum absolute atomic E-state index is 10.3. The lowest BCUT2D eigenvalue weighted by molar-refractivity contribution is -0.132. The van der Waals surface area contributed by atoms with Crippen molar-refractivity contribution >= 4 is 5.97 Å². The summed E-state index contributed by atoms with van der Waals surface area (Å²) >= 11 is 0. The lowest BCUT2D eigenvalue weighted by atomic mass is 10.1. The predicted molar refractivity (Wildman–Crippen MR) is 40.4 cm³/mol. The van der Waals surface area contributed by atoms with E-state index in [9.17, 15) is 4.79 Å². The van der Waals surface area contributed by atoms with Crippen LogP contribution >= 0.6 is 0 Å². The fourth-order valence-electron chi connectivity index (χ4n) is 0.697. The van der Waals surface area contributed by atoms with Crippen LogP contribution in [0.4, 0.5) is 0 Å². The number of carbonyl (C=O) groups is 1. The third kappa shape index (κ3) is 2.35. The Bertz CT molecular complexity index is 201. The average molecular weight is 156 g/mol. The van der Waals surface area contributed by atoms with Crippen LogP contribution in [0.2, 0.25) is 0 Å². The molecule has 1 fully saturated rings. The molecule has 0 spiro atoms. The molecule has 0 saturated carbocycles. The van der Waals surface area contributed by atoms with Crippen LogP contribution in [-0.4, -0.2) is 23.3 Å². The summed E-state index contributed by atoms with van der Waals surface area (Å²) in [5.74, 6) is -0.853. The van der Waals surface area contributed by atoms with Gasteiger partial charge in [-0.25, -0.2) is 4.79 Å². The second-order valence-electron chi connectivity index (χ2n) is 3.13. The highest BCUT2D eigenvalue weighted by molar-refractivity contribution is 5.85. The molecule has 0 aromatic rings. The molecule has 11 heavy (non-hydrogen) atoms. The number of rotatable bonds is 3. The topological polar surface area (TPSA) is 49.8 Å². The highest BCUT2D eigenvalue weighted by atomic mass is 16.6. The lowest BCUT2D eigenvalue weighted by Crippen LogP contribution is -2.03. The second kappa shape index (κ2) is 2.66. The van der Waals surface area contributed by atoms with Crippen molar-refractivity contribution in [3.8, 4) is 0 Å². The van der Waals surface area contributed by atoms with E-state index in [1.165, 1.54) is 0 Å². The third-order valence-corrected chi connectivity index (χ3v) is 1.81. The van der Waals surface area contributed by atoms with Crippen molar-refractivity contribution in [3.05, 3.63) is 11.6 Å². The van der Waals surface area contributed by atoms with Crippen molar-refractivity contribution in [1.29, 1.82) is 0 Å². The molecule has 1 aliphatic rings. The van der Waals surface area contributed by atoms with Crippen molar-refractivity contribution in [2.24, 2.45) is 0 Å². The molecule has 1 saturated heterocycles. The van der Waals surface area contributed by atoms with Gasteiger partial charge in [0.05, 0.1) is 12.2 Å². The highest BCUT2D eigenvalue weighted by Crippen LogP contribution is 2.30. The molecule has 1 atom stereocenters. The molecule has 1 rings (SSSR count). The highest BCUT2D eigenvalue weighted by Gasteiger charge is 2.37. The van der Waals surface area contributed by atoms with E-state index < -0.39 is 5.97 Å². The molecule has 1 unspecified atom stereocenters. The SMILES string of the molecule is C/C(=C\CC1(C)CO1)C(=O)O. The second-order valence-corrected chi connectivity index (χ2v) is 3.13. The van der Waals surface area contributed by atoms with Gasteiger partial charge in [-0.1, -0.05) is 6.08 Å². The van der Waals surface area contributed by atoms with Gasteiger partial charge in [-0.2, -0.15) is 0 Å². The molecular weight excluding hydrogens is 144 g/mol. The van der Waals surface area contributed by atoms with E-state index in [0.29, 0.717) is 12.0 Å². The molecule has 1 N–H and O–H groups in total. The summed E-state index contributed by atoms with van der Waals surface area (Å²) in [4.78, 5) is 10.3. The molecule has 1 heterocycles. The molecule has 0 aromatic heterocycles. The Balaban J connectivity index is 2.40. The summed E-state index contributed by atoms with van der Waals surface area (Å²) in [5.41, 5.74) is 0.318. The van der Waals surface area contributed by atoms with Crippen LogP contribution in [0, 0.1) is 0 Å². The van der Waals surface area contributed by atoms with E-state index in [4.69, 9.17) is 9.84 Å². The van der Waals surface area contributed by atoms with Crippen molar-refractivity contribution in [2.75, 3.05) is 6.61 Å². The normalized spacial score (nSPS) is 30.2. The van der Waals surface area contributed by atoms with Crippen molar-refractivity contribution in [1.82, 2.24) is 0 Å². The number of epoxide rings is 1. The van der Waals surface area contributed by atoms with Gasteiger partial charge in [0.1, 0.15) is 0 Å². The molecule has 3 nitrogen and oxygen atoms in total. The Morgan fingerprint density at radius 2 is 2.36 bits per heavy atom. The monoisotopic (exact) mass is 156 g/mol. The van der Waals surface area contributed by atoms with Gasteiger partial charge in [-0.3, -0.25) is 0 Å². The van der Waals surface area contributed by atoms with Crippen LogP contribution in [0.25, 0.3) is 0 Å². The van der Waals surface area contributed by atoms with E-state index in [2.05, 4.69) is 0 Å². The fourth-order valence-corrected chi connectivity index (χ4v) is 0.697. The fraction of sp³-hybridized carbons (Fsp3) is 0.625. The van der Waals surface area contributed by atoms with E-state index in [1.54, 1.807) is 13.0 Å². The maximum Gasteiger partial charge on any atom is 0.330 e. The Morgan fingerprint density at radius 1 is 1.82 bits per heavy atom. The smallest absolute Gasteiger partial charge is 0.330 e. The standard InChI is InChI=1S/C8H12O3/c1-6(7(9)10)3-4-8(2)5-11-8/h3H,4-5H2,1-2H3,(H,9,10)/b6-3+. The predicted octanol–water partition coefficient (Wildman–Crippen LogP) is 1.20. The zero-order valence-electron chi connectivity index (χ0n) is 6.76. The first-order chi connectivity index (χ1) is 5.03. The van der Waals surface area contributed by atoms with Gasteiger partial charge in [0.15, 0.2) is 0 Å². The van der Waals surface area contributed by atoms with Gasteiger partial charge >= 0.3 is 5.97 Å². The largest absolute Gasteiger partial charge is 0.478 e. The van der Waals surface area contributed by atoms with Crippen molar-refractivity contribution < 1.29 is 14.6 Å². The summed E-state index contributed by atoms with van der Waals surface area (Å²) in [6.45, 7) is 4.31. The Labute approximate surface area is 65.7 Å². The number of aliphatic carboxylic acids is 1. The molecule has 0 bridgehead atoms. The Kier molecular flexibility index (Phi) is 2.00. The van der Waals surface area contributed by atoms with Crippen LogP contribution in [0.1, 0.15) is 20.3 Å². The van der Waals surface area contributed by atoms with Crippen molar-refractivity contribution in [3.63, 3.8) is 0 Å². The quantitative estimate of drug-likeness (QED) is 0.493. The molecule has 3 heteroatoms. The minimum atomic E-state index is -0.853. The first-order valence-corrected chi connectivity index (χ1v) is 3.57. The minimum absolute atomic E-state index is 0.0727. The van der Waals surface area contributed by atoms with Gasteiger partial charge in [-0.05, 0) is 20.3 Å².